The Morgan fingerprint density at radius 2 is 2.26 bits per heavy atom. The Labute approximate surface area is 113 Å². The van der Waals surface area contributed by atoms with E-state index in [0.717, 1.165) is 30.2 Å². The quantitative estimate of drug-likeness (QED) is 0.921. The van der Waals surface area contributed by atoms with Crippen molar-refractivity contribution in [3.63, 3.8) is 0 Å². The van der Waals surface area contributed by atoms with Gasteiger partial charge in [-0.1, -0.05) is 5.16 Å². The van der Waals surface area contributed by atoms with Gasteiger partial charge in [-0.25, -0.2) is 0 Å². The summed E-state index contributed by atoms with van der Waals surface area (Å²) in [5.41, 5.74) is 4.68. The van der Waals surface area contributed by atoms with E-state index in [1.165, 1.54) is 24.1 Å². The molecular weight excluding hydrogens is 240 g/mol. The first-order chi connectivity index (χ1) is 9.15. The molecule has 0 aromatic carbocycles. The van der Waals surface area contributed by atoms with Crippen LogP contribution in [0.3, 0.4) is 0 Å². The van der Waals surface area contributed by atoms with Crippen LogP contribution in [0.1, 0.15) is 47.3 Å². The minimum atomic E-state index is 0.454. The molecule has 0 amide bonds. The van der Waals surface area contributed by atoms with E-state index in [0.29, 0.717) is 6.04 Å². The number of rotatable bonds is 3. The summed E-state index contributed by atoms with van der Waals surface area (Å²) in [7, 11) is 0. The second kappa shape index (κ2) is 4.81. The van der Waals surface area contributed by atoms with Crippen LogP contribution in [0.5, 0.6) is 0 Å². The molecule has 2 aromatic heterocycles. The first-order valence-corrected chi connectivity index (χ1v) is 6.83. The third kappa shape index (κ3) is 2.30. The summed E-state index contributed by atoms with van der Waals surface area (Å²) in [5.74, 6) is 0.876. The van der Waals surface area contributed by atoms with Gasteiger partial charge in [0.2, 0.25) is 0 Å². The zero-order valence-corrected chi connectivity index (χ0v) is 11.7. The van der Waals surface area contributed by atoms with E-state index < -0.39 is 0 Å². The highest BCUT2D eigenvalue weighted by molar-refractivity contribution is 5.28. The predicted molar refractivity (Wildman–Crippen MR) is 71.7 cm³/mol. The second-order valence-electron chi connectivity index (χ2n) is 5.41. The molecule has 0 spiro atoms. The summed E-state index contributed by atoms with van der Waals surface area (Å²) in [4.78, 5) is 2.47. The van der Waals surface area contributed by atoms with Gasteiger partial charge in [0, 0.05) is 29.9 Å². The van der Waals surface area contributed by atoms with Crippen molar-refractivity contribution in [2.45, 2.75) is 46.2 Å². The molecule has 1 saturated heterocycles. The average molecular weight is 260 g/mol. The molecule has 0 bridgehead atoms. The Kier molecular flexibility index (Phi) is 3.14. The zero-order chi connectivity index (χ0) is 13.4. The summed E-state index contributed by atoms with van der Waals surface area (Å²) in [6.07, 6.45) is 2.42. The van der Waals surface area contributed by atoms with Crippen molar-refractivity contribution >= 4 is 0 Å². The number of hydrogen-bond acceptors (Lipinski definition) is 4. The largest absolute Gasteiger partial charge is 0.361 e. The number of nitrogens with one attached hydrogen (secondary N) is 1. The van der Waals surface area contributed by atoms with Crippen LogP contribution in [-0.4, -0.2) is 26.8 Å². The van der Waals surface area contributed by atoms with Crippen LogP contribution >= 0.6 is 0 Å². The standard InChI is InChI=1S/C14H20N4O/c1-9-7-12(17-19-9)8-18-6-4-5-13(18)14-10(2)15-16-11(14)3/h7,13H,4-6,8H2,1-3H3,(H,15,16). The minimum absolute atomic E-state index is 0.454. The molecule has 3 heterocycles. The molecular formula is C14H20N4O. The fourth-order valence-electron chi connectivity index (χ4n) is 3.09. The van der Waals surface area contributed by atoms with Crippen molar-refractivity contribution in [2.75, 3.05) is 6.54 Å². The number of likely N-dealkylation sites (tertiary alicyclic amines) is 1. The Hall–Kier alpha value is -1.62. The van der Waals surface area contributed by atoms with E-state index in [1.54, 1.807) is 0 Å². The van der Waals surface area contributed by atoms with Gasteiger partial charge in [-0.15, -0.1) is 0 Å². The number of aromatic nitrogens is 3. The fraction of sp³-hybridized carbons (Fsp3) is 0.571. The van der Waals surface area contributed by atoms with E-state index in [9.17, 15) is 0 Å². The average Bonchev–Trinajstić information content (AvgIpc) is 3.04. The predicted octanol–water partition coefficient (Wildman–Crippen LogP) is 2.66. The number of aryl methyl sites for hydroxylation is 3. The van der Waals surface area contributed by atoms with Gasteiger partial charge in [0.05, 0.1) is 11.4 Å². The second-order valence-corrected chi connectivity index (χ2v) is 5.41. The monoisotopic (exact) mass is 260 g/mol. The summed E-state index contributed by atoms with van der Waals surface area (Å²) >= 11 is 0. The van der Waals surface area contributed by atoms with Crippen LogP contribution in [0.15, 0.2) is 10.6 Å². The molecule has 19 heavy (non-hydrogen) atoms. The molecule has 5 nitrogen and oxygen atoms in total. The Morgan fingerprint density at radius 1 is 1.42 bits per heavy atom. The molecule has 1 fully saturated rings. The van der Waals surface area contributed by atoms with E-state index in [4.69, 9.17) is 4.52 Å². The number of nitrogens with zero attached hydrogens (tertiary/aromatic N) is 3. The van der Waals surface area contributed by atoms with Crippen molar-refractivity contribution in [1.82, 2.24) is 20.3 Å². The zero-order valence-electron chi connectivity index (χ0n) is 11.7. The van der Waals surface area contributed by atoms with Crippen LogP contribution in [0, 0.1) is 20.8 Å². The smallest absolute Gasteiger partial charge is 0.133 e. The van der Waals surface area contributed by atoms with E-state index in [-0.39, 0.29) is 0 Å². The highest BCUT2D eigenvalue weighted by Gasteiger charge is 2.30. The molecule has 3 rings (SSSR count). The van der Waals surface area contributed by atoms with Crippen LogP contribution in [-0.2, 0) is 6.54 Å². The maximum atomic E-state index is 5.15. The molecule has 0 aliphatic carbocycles. The molecule has 1 aliphatic heterocycles. The van der Waals surface area contributed by atoms with Crippen LogP contribution in [0.25, 0.3) is 0 Å². The lowest BCUT2D eigenvalue weighted by atomic mass is 10.0. The lowest BCUT2D eigenvalue weighted by molar-refractivity contribution is 0.239. The molecule has 2 aromatic rings. The van der Waals surface area contributed by atoms with Gasteiger partial charge >= 0.3 is 0 Å². The van der Waals surface area contributed by atoms with Crippen molar-refractivity contribution in [1.29, 1.82) is 0 Å². The van der Waals surface area contributed by atoms with Gasteiger partial charge in [-0.05, 0) is 40.2 Å². The van der Waals surface area contributed by atoms with Gasteiger partial charge in [0.15, 0.2) is 0 Å². The molecule has 5 heteroatoms. The summed E-state index contributed by atoms with van der Waals surface area (Å²) in [6, 6.07) is 2.47. The van der Waals surface area contributed by atoms with Gasteiger partial charge in [-0.3, -0.25) is 10.00 Å². The number of hydrogen-bond donors (Lipinski definition) is 1. The molecule has 1 aliphatic rings. The lowest BCUT2D eigenvalue weighted by Gasteiger charge is -2.23. The van der Waals surface area contributed by atoms with Crippen molar-refractivity contribution in [2.24, 2.45) is 0 Å². The highest BCUT2D eigenvalue weighted by Crippen LogP contribution is 2.35. The normalized spacial score (nSPS) is 20.3. The van der Waals surface area contributed by atoms with Crippen LogP contribution in [0.4, 0.5) is 0 Å². The summed E-state index contributed by atoms with van der Waals surface area (Å²) in [6.45, 7) is 8.08. The molecule has 102 valence electrons. The Morgan fingerprint density at radius 3 is 2.89 bits per heavy atom. The molecule has 1 unspecified atom stereocenters. The summed E-state index contributed by atoms with van der Waals surface area (Å²) < 4.78 is 5.15. The van der Waals surface area contributed by atoms with Gasteiger partial charge < -0.3 is 4.52 Å². The topological polar surface area (TPSA) is 58.0 Å². The molecule has 1 N–H and O–H groups in total. The first kappa shape index (κ1) is 12.4. The third-order valence-corrected chi connectivity index (χ3v) is 3.92. The summed E-state index contributed by atoms with van der Waals surface area (Å²) in [5, 5.41) is 11.5. The Bertz CT molecular complexity index is 552. The van der Waals surface area contributed by atoms with E-state index in [1.807, 2.05) is 13.0 Å². The maximum absolute atomic E-state index is 5.15. The third-order valence-electron chi connectivity index (χ3n) is 3.92. The maximum Gasteiger partial charge on any atom is 0.133 e. The highest BCUT2D eigenvalue weighted by atomic mass is 16.5. The van der Waals surface area contributed by atoms with Gasteiger partial charge in [0.1, 0.15) is 5.76 Å². The van der Waals surface area contributed by atoms with Crippen LogP contribution in [0.2, 0.25) is 0 Å². The minimum Gasteiger partial charge on any atom is -0.361 e. The van der Waals surface area contributed by atoms with Gasteiger partial charge in [-0.2, -0.15) is 5.10 Å². The van der Waals surface area contributed by atoms with Crippen molar-refractivity contribution < 1.29 is 4.52 Å². The first-order valence-electron chi connectivity index (χ1n) is 6.83. The number of aromatic amines is 1. The van der Waals surface area contributed by atoms with Crippen molar-refractivity contribution in [3.05, 3.63) is 34.5 Å². The number of H-pyrrole nitrogens is 1. The van der Waals surface area contributed by atoms with Gasteiger partial charge in [0.25, 0.3) is 0 Å². The lowest BCUT2D eigenvalue weighted by Crippen LogP contribution is -2.23. The SMILES string of the molecule is Cc1cc(CN2CCCC2c2c(C)n[nH]c2C)no1. The molecule has 0 radical (unpaired) electrons. The molecule has 0 saturated carbocycles. The van der Waals surface area contributed by atoms with Crippen LogP contribution < -0.4 is 0 Å². The molecule has 1 atom stereocenters. The van der Waals surface area contributed by atoms with E-state index in [2.05, 4.69) is 34.1 Å². The Balaban J connectivity index is 1.82. The van der Waals surface area contributed by atoms with E-state index >= 15 is 0 Å². The van der Waals surface area contributed by atoms with Crippen molar-refractivity contribution in [3.8, 4) is 0 Å². The fourth-order valence-corrected chi connectivity index (χ4v) is 3.09.